The maximum atomic E-state index is 10.2. The molecule has 2 nitrogen and oxygen atoms in total. The fourth-order valence-corrected chi connectivity index (χ4v) is 3.90. The van der Waals surface area contributed by atoms with Gasteiger partial charge in [0.15, 0.2) is 0 Å². The van der Waals surface area contributed by atoms with E-state index in [9.17, 15) is 5.11 Å². The summed E-state index contributed by atoms with van der Waals surface area (Å²) in [4.78, 5) is 2.49. The molecule has 2 rings (SSSR count). The molecule has 0 aromatic heterocycles. The molecule has 0 radical (unpaired) electrons. The van der Waals surface area contributed by atoms with E-state index in [2.05, 4.69) is 39.5 Å². The van der Waals surface area contributed by atoms with Crippen LogP contribution >= 0.6 is 27.7 Å². The van der Waals surface area contributed by atoms with Gasteiger partial charge >= 0.3 is 0 Å². The van der Waals surface area contributed by atoms with E-state index < -0.39 is 0 Å². The average molecular weight is 344 g/mol. The summed E-state index contributed by atoms with van der Waals surface area (Å²) >= 11 is 5.51. The number of nitrogens with zero attached hydrogens (tertiary/aromatic N) is 1. The molecule has 0 bridgehead atoms. The number of thioether (sulfide) groups is 1. The summed E-state index contributed by atoms with van der Waals surface area (Å²) in [6, 6.07) is 7.97. The quantitative estimate of drug-likeness (QED) is 0.881. The molecular formula is C15H22BrNOS. The highest BCUT2D eigenvalue weighted by Gasteiger charge is 2.19. The second kappa shape index (κ2) is 7.67. The first kappa shape index (κ1) is 15.4. The Morgan fingerprint density at radius 3 is 2.84 bits per heavy atom. The minimum atomic E-state index is -0.345. The summed E-state index contributed by atoms with van der Waals surface area (Å²) in [6.07, 6.45) is 1.72. The van der Waals surface area contributed by atoms with Gasteiger partial charge in [0.05, 0.1) is 6.10 Å². The van der Waals surface area contributed by atoms with E-state index in [0.29, 0.717) is 0 Å². The van der Waals surface area contributed by atoms with Crippen molar-refractivity contribution in [1.82, 2.24) is 4.90 Å². The lowest BCUT2D eigenvalue weighted by Crippen LogP contribution is -2.38. The first-order valence-corrected chi connectivity index (χ1v) is 8.80. The Labute approximate surface area is 128 Å². The SMILES string of the molecule is CCC1CN(CCC(O)c2ccc(Br)cc2)CCS1. The Kier molecular flexibility index (Phi) is 6.20. The number of hydrogen-bond acceptors (Lipinski definition) is 3. The van der Waals surface area contributed by atoms with Crippen LogP contribution in [0.4, 0.5) is 0 Å². The lowest BCUT2D eigenvalue weighted by atomic mass is 10.1. The van der Waals surface area contributed by atoms with Crippen molar-refractivity contribution in [1.29, 1.82) is 0 Å². The van der Waals surface area contributed by atoms with Crippen LogP contribution in [0.2, 0.25) is 0 Å². The summed E-state index contributed by atoms with van der Waals surface area (Å²) in [5.74, 6) is 1.23. The Morgan fingerprint density at radius 2 is 2.16 bits per heavy atom. The number of halogens is 1. The van der Waals surface area contributed by atoms with E-state index in [4.69, 9.17) is 0 Å². The fraction of sp³-hybridized carbons (Fsp3) is 0.600. The highest BCUT2D eigenvalue weighted by Crippen LogP contribution is 2.23. The van der Waals surface area contributed by atoms with Gasteiger partial charge in [0.1, 0.15) is 0 Å². The molecule has 1 heterocycles. The van der Waals surface area contributed by atoms with Crippen LogP contribution in [0.3, 0.4) is 0 Å². The van der Waals surface area contributed by atoms with Crippen LogP contribution in [0.1, 0.15) is 31.4 Å². The summed E-state index contributed by atoms with van der Waals surface area (Å²) < 4.78 is 1.06. The van der Waals surface area contributed by atoms with E-state index in [-0.39, 0.29) is 6.10 Å². The third-order valence-corrected chi connectivity index (χ3v) is 5.55. The van der Waals surface area contributed by atoms with Crippen molar-refractivity contribution in [3.05, 3.63) is 34.3 Å². The lowest BCUT2D eigenvalue weighted by Gasteiger charge is -2.32. The van der Waals surface area contributed by atoms with Crippen molar-refractivity contribution < 1.29 is 5.11 Å². The molecule has 1 aromatic carbocycles. The van der Waals surface area contributed by atoms with Crippen LogP contribution in [0.25, 0.3) is 0 Å². The van der Waals surface area contributed by atoms with Crippen LogP contribution in [0.5, 0.6) is 0 Å². The molecule has 1 saturated heterocycles. The molecule has 1 fully saturated rings. The van der Waals surface area contributed by atoms with Crippen LogP contribution in [-0.4, -0.2) is 40.6 Å². The molecule has 1 N–H and O–H groups in total. The molecule has 1 aliphatic heterocycles. The second-order valence-corrected chi connectivity index (χ2v) is 7.38. The van der Waals surface area contributed by atoms with Gasteiger partial charge in [0.2, 0.25) is 0 Å². The molecule has 0 aliphatic carbocycles. The van der Waals surface area contributed by atoms with Gasteiger partial charge in [0.25, 0.3) is 0 Å². The molecule has 0 spiro atoms. The van der Waals surface area contributed by atoms with Crippen molar-refractivity contribution in [2.24, 2.45) is 0 Å². The van der Waals surface area contributed by atoms with Gasteiger partial charge in [-0.3, -0.25) is 0 Å². The first-order valence-electron chi connectivity index (χ1n) is 6.96. The van der Waals surface area contributed by atoms with Gasteiger partial charge in [0, 0.05) is 35.1 Å². The number of hydrogen-bond donors (Lipinski definition) is 1. The molecule has 0 saturated carbocycles. The van der Waals surface area contributed by atoms with Crippen molar-refractivity contribution >= 4 is 27.7 Å². The number of aliphatic hydroxyl groups excluding tert-OH is 1. The number of benzene rings is 1. The fourth-order valence-electron chi connectivity index (χ4n) is 2.39. The third-order valence-electron chi connectivity index (χ3n) is 3.65. The highest BCUT2D eigenvalue weighted by molar-refractivity contribution is 9.10. The maximum absolute atomic E-state index is 10.2. The third kappa shape index (κ3) is 4.78. The van der Waals surface area contributed by atoms with Crippen LogP contribution < -0.4 is 0 Å². The van der Waals surface area contributed by atoms with Crippen LogP contribution in [-0.2, 0) is 0 Å². The van der Waals surface area contributed by atoms with Gasteiger partial charge in [-0.2, -0.15) is 11.8 Å². The van der Waals surface area contributed by atoms with Crippen LogP contribution in [0.15, 0.2) is 28.7 Å². The van der Waals surface area contributed by atoms with Crippen molar-refractivity contribution in [2.45, 2.75) is 31.1 Å². The molecule has 1 aliphatic rings. The molecule has 0 amide bonds. The molecular weight excluding hydrogens is 322 g/mol. The summed E-state index contributed by atoms with van der Waals surface area (Å²) in [7, 11) is 0. The minimum absolute atomic E-state index is 0.345. The van der Waals surface area contributed by atoms with E-state index in [1.807, 2.05) is 24.3 Å². The van der Waals surface area contributed by atoms with E-state index >= 15 is 0 Å². The van der Waals surface area contributed by atoms with E-state index in [0.717, 1.165) is 34.8 Å². The Bertz CT molecular complexity index is 384. The summed E-state index contributed by atoms with van der Waals surface area (Å²) in [5.41, 5.74) is 1.02. The van der Waals surface area contributed by atoms with E-state index in [1.165, 1.54) is 18.7 Å². The normalized spacial score (nSPS) is 22.4. The molecule has 2 atom stereocenters. The minimum Gasteiger partial charge on any atom is -0.388 e. The first-order chi connectivity index (χ1) is 9.19. The second-order valence-electron chi connectivity index (χ2n) is 5.06. The van der Waals surface area contributed by atoms with Gasteiger partial charge in [-0.25, -0.2) is 0 Å². The Morgan fingerprint density at radius 1 is 1.42 bits per heavy atom. The molecule has 19 heavy (non-hydrogen) atoms. The molecule has 1 aromatic rings. The number of rotatable bonds is 5. The average Bonchev–Trinajstić information content (AvgIpc) is 2.46. The maximum Gasteiger partial charge on any atom is 0.0802 e. The molecule has 2 unspecified atom stereocenters. The lowest BCUT2D eigenvalue weighted by molar-refractivity contribution is 0.143. The predicted molar refractivity (Wildman–Crippen MR) is 86.7 cm³/mol. The van der Waals surface area contributed by atoms with Crippen molar-refractivity contribution in [2.75, 3.05) is 25.4 Å². The highest BCUT2D eigenvalue weighted by atomic mass is 79.9. The van der Waals surface area contributed by atoms with Crippen molar-refractivity contribution in [3.63, 3.8) is 0 Å². The monoisotopic (exact) mass is 343 g/mol. The smallest absolute Gasteiger partial charge is 0.0802 e. The van der Waals surface area contributed by atoms with Gasteiger partial charge in [-0.15, -0.1) is 0 Å². The van der Waals surface area contributed by atoms with Gasteiger partial charge < -0.3 is 10.0 Å². The topological polar surface area (TPSA) is 23.5 Å². The number of aliphatic hydroxyl groups is 1. The molecule has 106 valence electrons. The van der Waals surface area contributed by atoms with Gasteiger partial charge in [-0.1, -0.05) is 35.0 Å². The van der Waals surface area contributed by atoms with E-state index in [1.54, 1.807) is 0 Å². The zero-order chi connectivity index (χ0) is 13.7. The van der Waals surface area contributed by atoms with Crippen LogP contribution in [0, 0.1) is 0 Å². The Balaban J connectivity index is 1.79. The summed E-state index contributed by atoms with van der Waals surface area (Å²) in [5, 5.41) is 11.0. The zero-order valence-corrected chi connectivity index (χ0v) is 13.8. The standard InChI is InChI=1S/C15H22BrNOS/c1-2-14-11-17(9-10-19-14)8-7-15(18)12-3-5-13(16)6-4-12/h3-6,14-15,18H,2,7-11H2,1H3. The Hall–Kier alpha value is -0.0300. The summed E-state index contributed by atoms with van der Waals surface area (Å²) in [6.45, 7) is 5.59. The van der Waals surface area contributed by atoms with Gasteiger partial charge in [-0.05, 0) is 30.5 Å². The zero-order valence-electron chi connectivity index (χ0n) is 11.4. The van der Waals surface area contributed by atoms with Crippen molar-refractivity contribution in [3.8, 4) is 0 Å². The largest absolute Gasteiger partial charge is 0.388 e. The molecule has 4 heteroatoms. The predicted octanol–water partition coefficient (Wildman–Crippen LogP) is 3.70.